The SMILES string of the molecule is O=C1NC(=Nc2ccc(O)cc2C(=O)O)S/C1=C\c1ccc(Cl)cc1Cl. The lowest BCUT2D eigenvalue weighted by Crippen LogP contribution is -2.19. The maximum atomic E-state index is 12.1. The van der Waals surface area contributed by atoms with Gasteiger partial charge in [0.25, 0.3) is 5.91 Å². The molecule has 2 aromatic rings. The molecule has 6 nitrogen and oxygen atoms in total. The number of aromatic carboxylic acids is 1. The van der Waals surface area contributed by atoms with Crippen LogP contribution in [0.2, 0.25) is 10.0 Å². The van der Waals surface area contributed by atoms with E-state index < -0.39 is 5.97 Å². The Hall–Kier alpha value is -2.48. The number of amidine groups is 1. The standard InChI is InChI=1S/C17H10Cl2N2O4S/c18-9-2-1-8(12(19)6-9)5-14-15(23)21-17(26-14)20-13-4-3-10(22)7-11(13)16(24)25/h1-7,22H,(H,24,25)(H,20,21,23)/b14-5-. The Morgan fingerprint density at radius 3 is 2.65 bits per heavy atom. The molecular weight excluding hydrogens is 399 g/mol. The van der Waals surface area contributed by atoms with Crippen LogP contribution in [-0.4, -0.2) is 27.3 Å². The Morgan fingerprint density at radius 2 is 1.96 bits per heavy atom. The first kappa shape index (κ1) is 18.3. The molecule has 0 saturated carbocycles. The summed E-state index contributed by atoms with van der Waals surface area (Å²) in [5.41, 5.74) is 0.556. The van der Waals surface area contributed by atoms with Gasteiger partial charge in [0.2, 0.25) is 0 Å². The third kappa shape index (κ3) is 4.01. The molecule has 1 aliphatic rings. The van der Waals surface area contributed by atoms with E-state index in [0.29, 0.717) is 20.5 Å². The van der Waals surface area contributed by atoms with Gasteiger partial charge < -0.3 is 15.5 Å². The highest BCUT2D eigenvalue weighted by atomic mass is 35.5. The van der Waals surface area contributed by atoms with Crippen LogP contribution in [0.15, 0.2) is 46.3 Å². The van der Waals surface area contributed by atoms with Gasteiger partial charge in [0, 0.05) is 10.0 Å². The van der Waals surface area contributed by atoms with E-state index in [1.807, 2.05) is 0 Å². The average molecular weight is 409 g/mol. The van der Waals surface area contributed by atoms with Crippen molar-refractivity contribution in [1.29, 1.82) is 0 Å². The Balaban J connectivity index is 1.92. The lowest BCUT2D eigenvalue weighted by molar-refractivity contribution is -0.115. The summed E-state index contributed by atoms with van der Waals surface area (Å²) in [5, 5.41) is 22.3. The highest BCUT2D eigenvalue weighted by Gasteiger charge is 2.25. The number of benzene rings is 2. The first-order valence-corrected chi connectivity index (χ1v) is 8.71. The first-order valence-electron chi connectivity index (χ1n) is 7.14. The van der Waals surface area contributed by atoms with E-state index in [4.69, 9.17) is 23.2 Å². The Labute approximate surface area is 162 Å². The summed E-state index contributed by atoms with van der Waals surface area (Å²) in [6.45, 7) is 0. The molecule has 0 spiro atoms. The predicted octanol–water partition coefficient (Wildman–Crippen LogP) is 4.29. The minimum Gasteiger partial charge on any atom is -0.508 e. The highest BCUT2D eigenvalue weighted by molar-refractivity contribution is 8.18. The van der Waals surface area contributed by atoms with Crippen LogP contribution in [0, 0.1) is 0 Å². The third-order valence-corrected chi connectivity index (χ3v) is 4.80. The minimum absolute atomic E-state index is 0.115. The quantitative estimate of drug-likeness (QED) is 0.657. The minimum atomic E-state index is -1.24. The van der Waals surface area contributed by atoms with Crippen molar-refractivity contribution in [2.24, 2.45) is 4.99 Å². The Morgan fingerprint density at radius 1 is 1.19 bits per heavy atom. The van der Waals surface area contributed by atoms with E-state index in [1.165, 1.54) is 12.1 Å². The molecule has 132 valence electrons. The van der Waals surface area contributed by atoms with Gasteiger partial charge in [-0.05, 0) is 53.7 Å². The second-order valence-electron chi connectivity index (χ2n) is 5.15. The molecule has 1 heterocycles. The number of phenolic OH excluding ortho intramolecular Hbond substituents is 1. The van der Waals surface area contributed by atoms with Crippen molar-refractivity contribution < 1.29 is 19.8 Å². The fourth-order valence-corrected chi connectivity index (χ4v) is 3.43. The van der Waals surface area contributed by atoms with Crippen LogP contribution in [0.1, 0.15) is 15.9 Å². The number of amides is 1. The normalized spacial score (nSPS) is 16.9. The van der Waals surface area contributed by atoms with E-state index in [9.17, 15) is 19.8 Å². The molecule has 3 rings (SSSR count). The van der Waals surface area contributed by atoms with E-state index in [0.717, 1.165) is 17.8 Å². The summed E-state index contributed by atoms with van der Waals surface area (Å²) in [6.07, 6.45) is 1.59. The van der Waals surface area contributed by atoms with Crippen molar-refractivity contribution in [3.63, 3.8) is 0 Å². The number of nitrogens with zero attached hydrogens (tertiary/aromatic N) is 1. The first-order chi connectivity index (χ1) is 12.3. The topological polar surface area (TPSA) is 99.0 Å². The monoisotopic (exact) mass is 408 g/mol. The molecule has 3 N–H and O–H groups in total. The number of carboxylic acid groups (broad SMARTS) is 1. The molecule has 0 bridgehead atoms. The zero-order valence-electron chi connectivity index (χ0n) is 12.9. The number of nitrogens with one attached hydrogen (secondary N) is 1. The molecule has 1 amide bonds. The molecule has 9 heteroatoms. The Bertz CT molecular complexity index is 989. The van der Waals surface area contributed by atoms with Crippen LogP contribution in [0.5, 0.6) is 5.75 Å². The van der Waals surface area contributed by atoms with Gasteiger partial charge >= 0.3 is 5.97 Å². The number of carboxylic acids is 1. The largest absolute Gasteiger partial charge is 0.508 e. The molecule has 2 aromatic carbocycles. The molecule has 0 atom stereocenters. The van der Waals surface area contributed by atoms with Crippen LogP contribution in [0.3, 0.4) is 0 Å². The molecule has 0 aliphatic carbocycles. The van der Waals surface area contributed by atoms with Crippen LogP contribution < -0.4 is 5.32 Å². The van der Waals surface area contributed by atoms with E-state index in [1.54, 1.807) is 24.3 Å². The second-order valence-corrected chi connectivity index (χ2v) is 7.03. The van der Waals surface area contributed by atoms with Gasteiger partial charge in [0.15, 0.2) is 5.17 Å². The number of hydrogen-bond acceptors (Lipinski definition) is 5. The van der Waals surface area contributed by atoms with Crippen molar-refractivity contribution in [1.82, 2.24) is 5.32 Å². The van der Waals surface area contributed by atoms with Gasteiger partial charge in [-0.1, -0.05) is 29.3 Å². The molecule has 1 saturated heterocycles. The molecule has 1 fully saturated rings. The van der Waals surface area contributed by atoms with E-state index >= 15 is 0 Å². The molecule has 26 heavy (non-hydrogen) atoms. The lowest BCUT2D eigenvalue weighted by Gasteiger charge is -2.02. The van der Waals surface area contributed by atoms with Gasteiger partial charge in [-0.3, -0.25) is 4.79 Å². The summed E-state index contributed by atoms with van der Waals surface area (Å²) in [5.74, 6) is -1.80. The third-order valence-electron chi connectivity index (χ3n) is 3.33. The van der Waals surface area contributed by atoms with Crippen LogP contribution in [0.4, 0.5) is 5.69 Å². The predicted molar refractivity (Wildman–Crippen MR) is 102 cm³/mol. The van der Waals surface area contributed by atoms with Crippen molar-refractivity contribution in [3.8, 4) is 5.75 Å². The van der Waals surface area contributed by atoms with Gasteiger partial charge in [0.1, 0.15) is 5.75 Å². The highest BCUT2D eigenvalue weighted by Crippen LogP contribution is 2.32. The summed E-state index contributed by atoms with van der Waals surface area (Å²) in [6, 6.07) is 8.67. The number of hydrogen-bond donors (Lipinski definition) is 3. The fraction of sp³-hybridized carbons (Fsp3) is 0. The smallest absolute Gasteiger partial charge is 0.338 e. The van der Waals surface area contributed by atoms with Crippen molar-refractivity contribution >= 4 is 63.8 Å². The number of aromatic hydroxyl groups is 1. The summed E-state index contributed by atoms with van der Waals surface area (Å²) in [4.78, 5) is 27.9. The molecule has 1 aliphatic heterocycles. The number of rotatable bonds is 3. The number of carbonyl (C=O) groups is 2. The molecule has 0 aromatic heterocycles. The van der Waals surface area contributed by atoms with Gasteiger partial charge in [-0.2, -0.15) is 0 Å². The number of carbonyl (C=O) groups excluding carboxylic acids is 1. The summed E-state index contributed by atoms with van der Waals surface area (Å²) in [7, 11) is 0. The van der Waals surface area contributed by atoms with Gasteiger partial charge in [0.05, 0.1) is 16.2 Å². The molecular formula is C17H10Cl2N2O4S. The average Bonchev–Trinajstić information content (AvgIpc) is 2.91. The van der Waals surface area contributed by atoms with Gasteiger partial charge in [-0.15, -0.1) is 0 Å². The zero-order valence-corrected chi connectivity index (χ0v) is 15.2. The van der Waals surface area contributed by atoms with Crippen molar-refractivity contribution in [2.75, 3.05) is 0 Å². The van der Waals surface area contributed by atoms with Gasteiger partial charge in [-0.25, -0.2) is 9.79 Å². The van der Waals surface area contributed by atoms with Crippen LogP contribution in [0.25, 0.3) is 6.08 Å². The van der Waals surface area contributed by atoms with Crippen LogP contribution >= 0.6 is 35.0 Å². The Kier molecular flexibility index (Phi) is 5.22. The maximum absolute atomic E-state index is 12.1. The van der Waals surface area contributed by atoms with Crippen LogP contribution in [-0.2, 0) is 4.79 Å². The fourth-order valence-electron chi connectivity index (χ4n) is 2.14. The van der Waals surface area contributed by atoms with E-state index in [-0.39, 0.29) is 28.1 Å². The summed E-state index contributed by atoms with van der Waals surface area (Å²) < 4.78 is 0. The van der Waals surface area contributed by atoms with Crippen molar-refractivity contribution in [3.05, 3.63) is 62.5 Å². The lowest BCUT2D eigenvalue weighted by atomic mass is 10.2. The molecule has 0 unspecified atom stereocenters. The van der Waals surface area contributed by atoms with Crippen molar-refractivity contribution in [2.45, 2.75) is 0 Å². The number of phenols is 1. The molecule has 0 radical (unpaired) electrons. The second kappa shape index (κ2) is 7.41. The van der Waals surface area contributed by atoms with E-state index in [2.05, 4.69) is 10.3 Å². The number of aliphatic imine (C=N–C) groups is 1. The summed E-state index contributed by atoms with van der Waals surface area (Å²) >= 11 is 13.0. The number of thioether (sulfide) groups is 1. The maximum Gasteiger partial charge on any atom is 0.338 e. The number of halogens is 2. The zero-order chi connectivity index (χ0) is 18.8.